The van der Waals surface area contributed by atoms with E-state index in [9.17, 15) is 9.90 Å². The number of hydrogen-bond acceptors (Lipinski definition) is 4. The second-order valence-electron chi connectivity index (χ2n) is 6.39. The van der Waals surface area contributed by atoms with Crippen LogP contribution in [0.5, 0.6) is 0 Å². The molecule has 0 heterocycles. The fourth-order valence-corrected chi connectivity index (χ4v) is 2.70. The topological polar surface area (TPSA) is 55.8 Å². The number of alkyl halides is 1. The number of esters is 1. The molecule has 112 valence electrons. The monoisotopic (exact) mass is 292 g/mol. The van der Waals surface area contributed by atoms with Crippen LogP contribution in [0.15, 0.2) is 0 Å². The maximum atomic E-state index is 12.0. The number of halogens is 1. The van der Waals surface area contributed by atoms with Gasteiger partial charge in [-0.15, -0.1) is 0 Å². The second kappa shape index (κ2) is 6.42. The first-order chi connectivity index (χ1) is 8.65. The zero-order chi connectivity index (χ0) is 14.7. The van der Waals surface area contributed by atoms with Gasteiger partial charge in [0.15, 0.2) is 5.79 Å². The van der Waals surface area contributed by atoms with Crippen molar-refractivity contribution >= 4 is 17.6 Å². The lowest BCUT2D eigenvalue weighted by Gasteiger charge is -2.37. The predicted molar refractivity (Wildman–Crippen MR) is 73.7 cm³/mol. The smallest absolute Gasteiger partial charge is 0.309 e. The molecule has 0 aliphatic heterocycles. The Morgan fingerprint density at radius 3 is 2.16 bits per heavy atom. The molecule has 0 aromatic carbocycles. The lowest BCUT2D eigenvalue weighted by atomic mass is 9.78. The van der Waals surface area contributed by atoms with Crippen molar-refractivity contribution in [3.63, 3.8) is 0 Å². The molecule has 1 aliphatic carbocycles. The van der Waals surface area contributed by atoms with E-state index in [0.29, 0.717) is 0 Å². The van der Waals surface area contributed by atoms with E-state index in [2.05, 4.69) is 0 Å². The molecule has 1 rings (SSSR count). The molecule has 0 saturated heterocycles. The van der Waals surface area contributed by atoms with Crippen LogP contribution < -0.4 is 0 Å². The Labute approximate surface area is 120 Å². The molecule has 19 heavy (non-hydrogen) atoms. The van der Waals surface area contributed by atoms with Gasteiger partial charge in [-0.2, -0.15) is 0 Å². The summed E-state index contributed by atoms with van der Waals surface area (Å²) in [6, 6.07) is -0.0288. The van der Waals surface area contributed by atoms with Crippen molar-refractivity contribution in [1.82, 2.24) is 0 Å². The Kier molecular flexibility index (Phi) is 5.65. The van der Waals surface area contributed by atoms with E-state index in [1.165, 1.54) is 0 Å². The van der Waals surface area contributed by atoms with Crippen LogP contribution in [-0.2, 0) is 14.3 Å². The van der Waals surface area contributed by atoms with E-state index in [1.54, 1.807) is 6.92 Å². The minimum absolute atomic E-state index is 0.0185. The second-order valence-corrected chi connectivity index (χ2v) is 6.61. The number of ether oxygens (including phenoxy) is 2. The van der Waals surface area contributed by atoms with Crippen molar-refractivity contribution in [1.29, 1.82) is 0 Å². The fraction of sp³-hybridized carbons (Fsp3) is 0.929. The molecule has 5 heteroatoms. The summed E-state index contributed by atoms with van der Waals surface area (Å²) in [6.07, 6.45) is 2.93. The van der Waals surface area contributed by atoms with Crippen LogP contribution in [0, 0.1) is 11.8 Å². The van der Waals surface area contributed by atoms with Crippen LogP contribution in [0.1, 0.15) is 53.4 Å². The van der Waals surface area contributed by atoms with Crippen molar-refractivity contribution in [2.45, 2.75) is 64.8 Å². The van der Waals surface area contributed by atoms with Crippen LogP contribution in [0.25, 0.3) is 0 Å². The molecule has 0 spiro atoms. The molecule has 0 radical (unpaired) electrons. The normalized spacial score (nSPS) is 27.7. The van der Waals surface area contributed by atoms with Crippen LogP contribution in [0.3, 0.4) is 0 Å². The lowest BCUT2D eigenvalue weighted by molar-refractivity contribution is -0.221. The molecular formula is C14H25ClO4. The van der Waals surface area contributed by atoms with Gasteiger partial charge in [0.25, 0.3) is 0 Å². The first-order valence-electron chi connectivity index (χ1n) is 6.81. The number of hydrogen-bond donors (Lipinski definition) is 1. The van der Waals surface area contributed by atoms with Crippen molar-refractivity contribution in [2.75, 3.05) is 6.07 Å². The van der Waals surface area contributed by atoms with Gasteiger partial charge in [-0.3, -0.25) is 4.79 Å². The number of carbonyl (C=O) groups is 1. The average molecular weight is 293 g/mol. The third-order valence-electron chi connectivity index (χ3n) is 3.57. The molecule has 1 unspecified atom stereocenters. The zero-order valence-corrected chi connectivity index (χ0v) is 13.0. The summed E-state index contributed by atoms with van der Waals surface area (Å²) in [5.74, 6) is -1.39. The standard InChI is InChI=1S/C14H25ClO4/c1-13(2,3)19-12(16)10-5-7-11(8-6-10)14(4,17)18-9-15/h10-11,17H,5-9H2,1-4H3. The third kappa shape index (κ3) is 5.28. The molecule has 1 atom stereocenters. The Morgan fingerprint density at radius 2 is 1.74 bits per heavy atom. The van der Waals surface area contributed by atoms with Gasteiger partial charge in [0, 0.05) is 5.92 Å². The summed E-state index contributed by atoms with van der Waals surface area (Å²) < 4.78 is 10.5. The van der Waals surface area contributed by atoms with Gasteiger partial charge in [0.2, 0.25) is 0 Å². The molecule has 0 bridgehead atoms. The zero-order valence-electron chi connectivity index (χ0n) is 12.2. The summed E-state index contributed by atoms with van der Waals surface area (Å²) in [5.41, 5.74) is -0.443. The largest absolute Gasteiger partial charge is 0.460 e. The molecule has 0 aromatic rings. The molecule has 1 fully saturated rings. The van der Waals surface area contributed by atoms with Crippen LogP contribution in [0.2, 0.25) is 0 Å². The summed E-state index contributed by atoms with van der Waals surface area (Å²) in [4.78, 5) is 12.0. The molecule has 0 amide bonds. The van der Waals surface area contributed by atoms with Crippen LogP contribution in [0.4, 0.5) is 0 Å². The SMILES string of the molecule is CC(C)(C)OC(=O)C1CCC(C(C)(O)OCCl)CC1. The third-order valence-corrected chi connectivity index (χ3v) is 3.68. The quantitative estimate of drug-likeness (QED) is 0.491. The Balaban J connectivity index is 2.47. The van der Waals surface area contributed by atoms with Crippen molar-refractivity contribution in [2.24, 2.45) is 11.8 Å². The lowest BCUT2D eigenvalue weighted by Crippen LogP contribution is -2.41. The number of rotatable bonds is 4. The van der Waals surface area contributed by atoms with Crippen LogP contribution >= 0.6 is 11.6 Å². The molecule has 1 N–H and O–H groups in total. The molecule has 4 nitrogen and oxygen atoms in total. The van der Waals surface area contributed by atoms with Crippen LogP contribution in [-0.4, -0.2) is 28.5 Å². The summed E-state index contributed by atoms with van der Waals surface area (Å²) in [7, 11) is 0. The average Bonchev–Trinajstić information content (AvgIpc) is 2.27. The van der Waals surface area contributed by atoms with Gasteiger partial charge >= 0.3 is 5.97 Å². The van der Waals surface area contributed by atoms with E-state index in [4.69, 9.17) is 21.1 Å². The Morgan fingerprint density at radius 1 is 1.21 bits per heavy atom. The first-order valence-corrected chi connectivity index (χ1v) is 7.34. The summed E-state index contributed by atoms with van der Waals surface area (Å²) in [5, 5.41) is 10.1. The molecule has 1 aliphatic rings. The Bertz CT molecular complexity index is 301. The van der Waals surface area contributed by atoms with Gasteiger partial charge in [-0.1, -0.05) is 11.6 Å². The highest BCUT2D eigenvalue weighted by Crippen LogP contribution is 2.37. The molecule has 0 aromatic heterocycles. The highest BCUT2D eigenvalue weighted by Gasteiger charge is 2.38. The van der Waals surface area contributed by atoms with Gasteiger partial charge in [0.1, 0.15) is 11.7 Å². The molecular weight excluding hydrogens is 268 g/mol. The van der Waals surface area contributed by atoms with E-state index in [0.717, 1.165) is 25.7 Å². The summed E-state index contributed by atoms with van der Waals surface area (Å²) in [6.45, 7) is 7.24. The van der Waals surface area contributed by atoms with Gasteiger partial charge in [-0.25, -0.2) is 0 Å². The fourth-order valence-electron chi connectivity index (χ4n) is 2.48. The minimum Gasteiger partial charge on any atom is -0.460 e. The van der Waals surface area contributed by atoms with E-state index < -0.39 is 11.4 Å². The van der Waals surface area contributed by atoms with E-state index in [1.807, 2.05) is 20.8 Å². The minimum atomic E-state index is -1.21. The first kappa shape index (κ1) is 16.7. The maximum absolute atomic E-state index is 12.0. The summed E-state index contributed by atoms with van der Waals surface area (Å²) >= 11 is 5.50. The highest BCUT2D eigenvalue weighted by atomic mass is 35.5. The Hall–Kier alpha value is -0.320. The highest BCUT2D eigenvalue weighted by molar-refractivity contribution is 6.17. The number of aliphatic hydroxyl groups is 1. The van der Waals surface area contributed by atoms with E-state index in [-0.39, 0.29) is 23.9 Å². The van der Waals surface area contributed by atoms with Crippen molar-refractivity contribution in [3.8, 4) is 0 Å². The molecule has 1 saturated carbocycles. The van der Waals surface area contributed by atoms with Gasteiger partial charge in [0.05, 0.1) is 5.92 Å². The van der Waals surface area contributed by atoms with Crippen molar-refractivity contribution < 1.29 is 19.4 Å². The van der Waals surface area contributed by atoms with Crippen molar-refractivity contribution in [3.05, 3.63) is 0 Å². The number of carbonyl (C=O) groups excluding carboxylic acids is 1. The van der Waals surface area contributed by atoms with Gasteiger partial charge < -0.3 is 14.6 Å². The van der Waals surface area contributed by atoms with Gasteiger partial charge in [-0.05, 0) is 53.4 Å². The predicted octanol–water partition coefficient (Wildman–Crippen LogP) is 3.06. The van der Waals surface area contributed by atoms with E-state index >= 15 is 0 Å². The maximum Gasteiger partial charge on any atom is 0.309 e.